The highest BCUT2D eigenvalue weighted by Gasteiger charge is 2.27. The molecule has 40 heavy (non-hydrogen) atoms. The molecule has 1 saturated heterocycles. The number of hydrogen-bond acceptors (Lipinski definition) is 6. The Morgan fingerprint density at radius 2 is 1.60 bits per heavy atom. The molecule has 4 atom stereocenters. The Morgan fingerprint density at radius 1 is 1.02 bits per heavy atom. The number of benzene rings is 1. The van der Waals surface area contributed by atoms with Crippen LogP contribution in [0, 0.1) is 11.8 Å². The number of aldehydes is 1. The highest BCUT2D eigenvalue weighted by Crippen LogP contribution is 2.28. The van der Waals surface area contributed by atoms with Crippen LogP contribution < -0.4 is 20.7 Å². The van der Waals surface area contributed by atoms with Gasteiger partial charge in [0.15, 0.2) is 0 Å². The summed E-state index contributed by atoms with van der Waals surface area (Å²) in [5.41, 5.74) is 0.825. The molecule has 2 fully saturated rings. The Hall–Kier alpha value is -2.94. The molecule has 9 heteroatoms. The van der Waals surface area contributed by atoms with E-state index in [0.29, 0.717) is 30.6 Å². The Bertz CT molecular complexity index is 864. The number of ether oxygens (including phenoxy) is 2. The zero-order valence-corrected chi connectivity index (χ0v) is 25.2. The highest BCUT2D eigenvalue weighted by atomic mass is 16.6. The van der Waals surface area contributed by atoms with Gasteiger partial charge < -0.3 is 30.2 Å². The lowest BCUT2D eigenvalue weighted by Crippen LogP contribution is -2.54. The predicted octanol–water partition coefficient (Wildman–Crippen LogP) is 3.97. The summed E-state index contributed by atoms with van der Waals surface area (Å²) in [6.45, 7) is 11.3. The van der Waals surface area contributed by atoms with Gasteiger partial charge in [0.1, 0.15) is 24.1 Å². The van der Waals surface area contributed by atoms with Crippen LogP contribution in [-0.2, 0) is 30.3 Å². The average molecular weight is 562 g/mol. The summed E-state index contributed by atoms with van der Waals surface area (Å²) in [5.74, 6) is 1.16. The summed E-state index contributed by atoms with van der Waals surface area (Å²) >= 11 is 0. The maximum atomic E-state index is 12.9. The van der Waals surface area contributed by atoms with Gasteiger partial charge in [-0.3, -0.25) is 14.4 Å². The maximum Gasteiger partial charge on any atom is 0.243 e. The predicted molar refractivity (Wildman–Crippen MR) is 157 cm³/mol. The summed E-state index contributed by atoms with van der Waals surface area (Å²) in [7, 11) is 1.57. The normalized spacial score (nSPS) is 18.0. The van der Waals surface area contributed by atoms with Crippen LogP contribution in [0.2, 0.25) is 0 Å². The summed E-state index contributed by atoms with van der Waals surface area (Å²) in [4.78, 5) is 47.5. The molecule has 9 nitrogen and oxygen atoms in total. The monoisotopic (exact) mass is 561 g/mol. The van der Waals surface area contributed by atoms with Crippen LogP contribution in [-0.4, -0.2) is 62.5 Å². The Labute approximate surface area is 240 Å². The van der Waals surface area contributed by atoms with Crippen LogP contribution in [0.4, 0.5) is 0 Å². The number of nitrogens with one attached hydrogen (secondary N) is 3. The minimum absolute atomic E-state index is 0.240. The van der Waals surface area contributed by atoms with Crippen molar-refractivity contribution in [3.8, 4) is 5.75 Å². The lowest BCUT2D eigenvalue weighted by atomic mass is 9.98. The third-order valence-electron chi connectivity index (χ3n) is 7.39. The molecule has 1 aliphatic heterocycles. The topological polar surface area (TPSA) is 126 Å². The van der Waals surface area contributed by atoms with Gasteiger partial charge >= 0.3 is 0 Å². The molecular formula is C31H51N3O6. The fourth-order valence-corrected chi connectivity index (χ4v) is 4.10. The van der Waals surface area contributed by atoms with E-state index in [1.54, 1.807) is 19.2 Å². The minimum Gasteiger partial charge on any atom is -0.497 e. The quantitative estimate of drug-likeness (QED) is 0.233. The summed E-state index contributed by atoms with van der Waals surface area (Å²) < 4.78 is 9.85. The van der Waals surface area contributed by atoms with Gasteiger partial charge in [-0.1, -0.05) is 71.4 Å². The molecule has 0 spiro atoms. The third-order valence-corrected chi connectivity index (χ3v) is 7.39. The number of amides is 3. The molecule has 1 aromatic rings. The SMILES string of the molecule is CC1CO1.CCC(C)CC.COc1ccc(C[C@H](NC(=O)C(C)NC=O)C(=O)N[C@H](C=O)CC2CCCC2)cc1. The average Bonchev–Trinajstić information content (AvgIpc) is 3.58. The highest BCUT2D eigenvalue weighted by molar-refractivity contribution is 5.91. The van der Waals surface area contributed by atoms with E-state index in [-0.39, 0.29) is 6.42 Å². The molecule has 1 heterocycles. The third kappa shape index (κ3) is 15.0. The largest absolute Gasteiger partial charge is 0.497 e. The first kappa shape index (κ1) is 35.1. The summed E-state index contributed by atoms with van der Waals surface area (Å²) in [6.07, 6.45) is 9.75. The summed E-state index contributed by atoms with van der Waals surface area (Å²) in [6, 6.07) is 4.93. The molecule has 3 N–H and O–H groups in total. The minimum atomic E-state index is -0.882. The van der Waals surface area contributed by atoms with Crippen LogP contribution in [0.5, 0.6) is 5.75 Å². The molecule has 3 amide bonds. The van der Waals surface area contributed by atoms with Crippen LogP contribution in [0.25, 0.3) is 0 Å². The maximum absolute atomic E-state index is 12.9. The zero-order chi connectivity index (χ0) is 29.9. The number of carbonyl (C=O) groups excluding carboxylic acids is 4. The van der Waals surface area contributed by atoms with Crippen LogP contribution in [0.15, 0.2) is 24.3 Å². The smallest absolute Gasteiger partial charge is 0.243 e. The number of methoxy groups -OCH3 is 1. The van der Waals surface area contributed by atoms with Gasteiger partial charge in [-0.2, -0.15) is 0 Å². The van der Waals surface area contributed by atoms with E-state index in [1.807, 2.05) is 12.1 Å². The molecule has 0 radical (unpaired) electrons. The van der Waals surface area contributed by atoms with E-state index in [0.717, 1.165) is 50.1 Å². The lowest BCUT2D eigenvalue weighted by molar-refractivity contribution is -0.131. The first-order valence-electron chi connectivity index (χ1n) is 14.7. The second-order valence-electron chi connectivity index (χ2n) is 10.8. The van der Waals surface area contributed by atoms with Gasteiger partial charge in [0.25, 0.3) is 0 Å². The first-order valence-corrected chi connectivity index (χ1v) is 14.7. The van der Waals surface area contributed by atoms with Crippen molar-refractivity contribution in [3.63, 3.8) is 0 Å². The molecule has 1 saturated carbocycles. The number of rotatable bonds is 14. The number of epoxide rings is 1. The van der Waals surface area contributed by atoms with Crippen LogP contribution in [0.1, 0.15) is 85.1 Å². The van der Waals surface area contributed by atoms with Gasteiger partial charge in [-0.15, -0.1) is 0 Å². The zero-order valence-electron chi connectivity index (χ0n) is 25.2. The van der Waals surface area contributed by atoms with E-state index in [4.69, 9.17) is 9.47 Å². The van der Waals surface area contributed by atoms with E-state index >= 15 is 0 Å². The van der Waals surface area contributed by atoms with Gasteiger partial charge in [0, 0.05) is 6.42 Å². The van der Waals surface area contributed by atoms with E-state index in [1.165, 1.54) is 19.8 Å². The standard InChI is InChI=1S/C22H31N3O5.C6H14.C3H6O/c1-15(23-14-27)21(28)25-20(12-17-7-9-19(30-2)10-8-17)22(29)24-18(13-26)11-16-5-3-4-6-16;1-4-6(3)5-2;1-3-2-4-3/h7-10,13-16,18,20H,3-6,11-12H2,1-2H3,(H,23,27)(H,24,29)(H,25,28);6H,4-5H2,1-3H3;3H,2H2,1H3/t15?,18-,20-;;/m0../s1. The molecular weight excluding hydrogens is 510 g/mol. The number of hydrogen-bond donors (Lipinski definition) is 3. The van der Waals surface area contributed by atoms with E-state index < -0.39 is 29.9 Å². The summed E-state index contributed by atoms with van der Waals surface area (Å²) in [5, 5.41) is 7.83. The fraction of sp³-hybridized carbons (Fsp3) is 0.677. The Morgan fingerprint density at radius 3 is 2.02 bits per heavy atom. The molecule has 0 bridgehead atoms. The van der Waals surface area contributed by atoms with Crippen molar-refractivity contribution in [1.29, 1.82) is 0 Å². The molecule has 3 rings (SSSR count). The van der Waals surface area contributed by atoms with Gasteiger partial charge in [-0.25, -0.2) is 0 Å². The molecule has 226 valence electrons. The first-order chi connectivity index (χ1) is 19.2. The Kier molecular flexibility index (Phi) is 17.6. The van der Waals surface area contributed by atoms with E-state index in [9.17, 15) is 19.2 Å². The second kappa shape index (κ2) is 20.0. The van der Waals surface area contributed by atoms with Crippen molar-refractivity contribution >= 4 is 24.5 Å². The van der Waals surface area contributed by atoms with Crippen molar-refractivity contribution in [2.45, 2.75) is 110 Å². The van der Waals surface area contributed by atoms with Crippen molar-refractivity contribution in [2.24, 2.45) is 11.8 Å². The molecule has 1 aromatic carbocycles. The van der Waals surface area contributed by atoms with Crippen molar-refractivity contribution in [3.05, 3.63) is 29.8 Å². The van der Waals surface area contributed by atoms with Crippen molar-refractivity contribution in [1.82, 2.24) is 16.0 Å². The molecule has 0 aromatic heterocycles. The Balaban J connectivity index is 0.000000672. The van der Waals surface area contributed by atoms with Gasteiger partial charge in [0.05, 0.1) is 25.9 Å². The molecule has 2 aliphatic rings. The van der Waals surface area contributed by atoms with Gasteiger partial charge in [0.2, 0.25) is 18.2 Å². The second-order valence-corrected chi connectivity index (χ2v) is 10.8. The van der Waals surface area contributed by atoms with Crippen molar-refractivity contribution in [2.75, 3.05) is 13.7 Å². The number of carbonyl (C=O) groups is 4. The van der Waals surface area contributed by atoms with Crippen molar-refractivity contribution < 1.29 is 28.7 Å². The van der Waals surface area contributed by atoms with E-state index in [2.05, 4.69) is 43.6 Å². The molecule has 2 unspecified atom stereocenters. The van der Waals surface area contributed by atoms with Crippen LogP contribution in [0.3, 0.4) is 0 Å². The lowest BCUT2D eigenvalue weighted by Gasteiger charge is -2.23. The van der Waals surface area contributed by atoms with Gasteiger partial charge in [-0.05, 0) is 49.8 Å². The fourth-order valence-electron chi connectivity index (χ4n) is 4.10. The molecule has 1 aliphatic carbocycles. The van der Waals surface area contributed by atoms with Crippen LogP contribution >= 0.6 is 0 Å².